The first-order valence-electron chi connectivity index (χ1n) is 6.58. The smallest absolute Gasteiger partial charge is 0.0767 e. The Morgan fingerprint density at radius 3 is 2.50 bits per heavy atom. The number of hydrogen-bond donors (Lipinski definition) is 1. The molecule has 0 spiro atoms. The highest BCUT2D eigenvalue weighted by molar-refractivity contribution is 14.1. The average Bonchev–Trinajstić information content (AvgIpc) is 2.66. The van der Waals surface area contributed by atoms with Crippen molar-refractivity contribution >= 4 is 38.5 Å². The van der Waals surface area contributed by atoms with Crippen LogP contribution >= 0.6 is 38.5 Å². The second-order valence-electron chi connectivity index (χ2n) is 4.76. The molecule has 1 atom stereocenters. The van der Waals surface area contributed by atoms with E-state index in [-0.39, 0.29) is 0 Å². The van der Waals surface area contributed by atoms with Gasteiger partial charge in [-0.3, -0.25) is 4.68 Å². The number of aromatic nitrogens is 2. The third kappa shape index (κ3) is 3.93. The molecular weight excluding hydrogens is 405 g/mol. The fourth-order valence-electron chi connectivity index (χ4n) is 1.88. The third-order valence-electron chi connectivity index (χ3n) is 3.20. The first-order chi connectivity index (χ1) is 8.54. The van der Waals surface area contributed by atoms with Gasteiger partial charge in [-0.05, 0) is 35.2 Å². The molecule has 0 aliphatic rings. The Bertz CT molecular complexity index is 377. The predicted octanol–water partition coefficient (Wildman–Crippen LogP) is 3.78. The van der Waals surface area contributed by atoms with Crippen molar-refractivity contribution < 1.29 is 0 Å². The third-order valence-corrected chi connectivity index (χ3v) is 5.06. The van der Waals surface area contributed by atoms with Crippen LogP contribution in [0.5, 0.6) is 0 Å². The summed E-state index contributed by atoms with van der Waals surface area (Å²) >= 11 is 6.14. The zero-order valence-corrected chi connectivity index (χ0v) is 15.4. The summed E-state index contributed by atoms with van der Waals surface area (Å²) in [6, 6.07) is 0.558. The minimum absolute atomic E-state index is 0.558. The van der Waals surface area contributed by atoms with Crippen molar-refractivity contribution in [2.45, 2.75) is 53.2 Å². The first-order valence-corrected chi connectivity index (χ1v) is 8.90. The molecule has 18 heavy (non-hydrogen) atoms. The minimum Gasteiger partial charge on any atom is -0.307 e. The summed E-state index contributed by atoms with van der Waals surface area (Å²) in [7, 11) is 0. The summed E-state index contributed by atoms with van der Waals surface area (Å²) in [4.78, 5) is 0. The van der Waals surface area contributed by atoms with Gasteiger partial charge in [0, 0.05) is 23.6 Å². The van der Waals surface area contributed by atoms with Crippen molar-refractivity contribution in [1.29, 1.82) is 0 Å². The van der Waals surface area contributed by atoms with E-state index in [1.54, 1.807) is 0 Å². The Morgan fingerprint density at radius 2 is 2.06 bits per heavy atom. The van der Waals surface area contributed by atoms with Crippen LogP contribution in [0.3, 0.4) is 0 Å². The van der Waals surface area contributed by atoms with Gasteiger partial charge in [0.2, 0.25) is 0 Å². The number of nitrogens with one attached hydrogen (secondary N) is 1. The molecule has 1 N–H and O–H groups in total. The summed E-state index contributed by atoms with van der Waals surface area (Å²) in [5.74, 6) is 0.657. The molecule has 0 saturated carbocycles. The van der Waals surface area contributed by atoms with Crippen LogP contribution in [0.25, 0.3) is 0 Å². The molecule has 1 rings (SSSR count). The quantitative estimate of drug-likeness (QED) is 0.530. The van der Waals surface area contributed by atoms with Crippen molar-refractivity contribution in [3.63, 3.8) is 0 Å². The standard InChI is InChI=1S/C13H23BrIN3/c1-5-10-13(14)12(18(6-2)17-10)8-16-11(7-15)9(3)4/h9,11,16H,5-8H2,1-4H3. The maximum Gasteiger partial charge on any atom is 0.0767 e. The van der Waals surface area contributed by atoms with E-state index in [0.29, 0.717) is 12.0 Å². The summed E-state index contributed by atoms with van der Waals surface area (Å²) < 4.78 is 4.41. The number of halogens is 2. The summed E-state index contributed by atoms with van der Waals surface area (Å²) in [6.07, 6.45) is 0.973. The highest BCUT2D eigenvalue weighted by Crippen LogP contribution is 2.22. The lowest BCUT2D eigenvalue weighted by molar-refractivity contribution is 0.426. The van der Waals surface area contributed by atoms with Crippen LogP contribution in [0.15, 0.2) is 4.47 Å². The molecule has 3 nitrogen and oxygen atoms in total. The summed E-state index contributed by atoms with van der Waals surface area (Å²) in [6.45, 7) is 10.6. The second-order valence-corrected chi connectivity index (χ2v) is 6.44. The van der Waals surface area contributed by atoms with Crippen molar-refractivity contribution in [3.05, 3.63) is 15.9 Å². The van der Waals surface area contributed by atoms with Crippen molar-refractivity contribution in [2.24, 2.45) is 5.92 Å². The lowest BCUT2D eigenvalue weighted by Crippen LogP contribution is -2.35. The molecule has 0 aliphatic heterocycles. The molecule has 1 heterocycles. The van der Waals surface area contributed by atoms with Crippen LogP contribution in [-0.2, 0) is 19.5 Å². The number of hydrogen-bond acceptors (Lipinski definition) is 2. The number of nitrogens with zero attached hydrogens (tertiary/aromatic N) is 2. The first kappa shape index (κ1) is 16.4. The van der Waals surface area contributed by atoms with E-state index in [9.17, 15) is 0 Å². The minimum atomic E-state index is 0.558. The predicted molar refractivity (Wildman–Crippen MR) is 89.3 cm³/mol. The molecule has 0 radical (unpaired) electrons. The van der Waals surface area contributed by atoms with Crippen LogP contribution < -0.4 is 5.32 Å². The molecule has 0 bridgehead atoms. The molecule has 0 aliphatic carbocycles. The van der Waals surface area contributed by atoms with Gasteiger partial charge < -0.3 is 5.32 Å². The van der Waals surface area contributed by atoms with Gasteiger partial charge in [0.15, 0.2) is 0 Å². The van der Waals surface area contributed by atoms with Gasteiger partial charge in [0.1, 0.15) is 0 Å². The van der Waals surface area contributed by atoms with Crippen LogP contribution in [0, 0.1) is 5.92 Å². The van der Waals surface area contributed by atoms with E-state index in [0.717, 1.165) is 29.6 Å². The fraction of sp³-hybridized carbons (Fsp3) is 0.769. The Kier molecular flexibility index (Phi) is 7.16. The maximum atomic E-state index is 4.62. The van der Waals surface area contributed by atoms with Crippen molar-refractivity contribution in [1.82, 2.24) is 15.1 Å². The topological polar surface area (TPSA) is 29.9 Å². The number of aryl methyl sites for hydroxylation is 2. The highest BCUT2D eigenvalue weighted by Gasteiger charge is 2.16. The second kappa shape index (κ2) is 7.85. The maximum absolute atomic E-state index is 4.62. The van der Waals surface area contributed by atoms with Crippen molar-refractivity contribution in [3.8, 4) is 0 Å². The van der Waals surface area contributed by atoms with Gasteiger partial charge in [-0.25, -0.2) is 0 Å². The van der Waals surface area contributed by atoms with E-state index in [2.05, 4.69) is 81.3 Å². The van der Waals surface area contributed by atoms with Gasteiger partial charge in [-0.15, -0.1) is 0 Å². The van der Waals surface area contributed by atoms with Crippen LogP contribution in [-0.4, -0.2) is 20.2 Å². The van der Waals surface area contributed by atoms with Crippen LogP contribution in [0.1, 0.15) is 39.1 Å². The highest BCUT2D eigenvalue weighted by atomic mass is 127. The van der Waals surface area contributed by atoms with Crippen molar-refractivity contribution in [2.75, 3.05) is 4.43 Å². The molecule has 0 fully saturated rings. The normalized spacial score (nSPS) is 13.3. The molecule has 0 aromatic carbocycles. The number of alkyl halides is 1. The Balaban J connectivity index is 2.80. The Labute approximate surface area is 132 Å². The lowest BCUT2D eigenvalue weighted by Gasteiger charge is -2.20. The molecule has 5 heteroatoms. The largest absolute Gasteiger partial charge is 0.307 e. The molecule has 104 valence electrons. The summed E-state index contributed by atoms with van der Waals surface area (Å²) in [5.41, 5.74) is 2.43. The molecule has 0 saturated heterocycles. The fourth-order valence-corrected chi connectivity index (χ4v) is 3.92. The average molecular weight is 428 g/mol. The van der Waals surface area contributed by atoms with Gasteiger partial charge >= 0.3 is 0 Å². The number of rotatable bonds is 7. The Hall–Kier alpha value is 0.380. The van der Waals surface area contributed by atoms with Gasteiger partial charge in [0.05, 0.1) is 15.9 Å². The molecule has 1 aromatic rings. The molecule has 0 amide bonds. The van der Waals surface area contributed by atoms with Gasteiger partial charge in [0.25, 0.3) is 0 Å². The SMILES string of the molecule is CCc1nn(CC)c(CNC(CI)C(C)C)c1Br. The lowest BCUT2D eigenvalue weighted by atomic mass is 10.1. The molecule has 1 unspecified atom stereocenters. The van der Waals surface area contributed by atoms with E-state index in [1.165, 1.54) is 10.2 Å². The zero-order chi connectivity index (χ0) is 13.7. The molecule has 1 aromatic heterocycles. The molecular formula is C13H23BrIN3. The van der Waals surface area contributed by atoms with E-state index in [1.807, 2.05) is 0 Å². The monoisotopic (exact) mass is 427 g/mol. The zero-order valence-electron chi connectivity index (χ0n) is 11.6. The van der Waals surface area contributed by atoms with Gasteiger partial charge in [-0.2, -0.15) is 5.10 Å². The van der Waals surface area contributed by atoms with Crippen LogP contribution in [0.2, 0.25) is 0 Å². The summed E-state index contributed by atoms with van der Waals surface area (Å²) in [5, 5.41) is 8.26. The van der Waals surface area contributed by atoms with E-state index >= 15 is 0 Å². The Morgan fingerprint density at radius 1 is 1.39 bits per heavy atom. The van der Waals surface area contributed by atoms with E-state index in [4.69, 9.17) is 0 Å². The van der Waals surface area contributed by atoms with E-state index < -0.39 is 0 Å². The van der Waals surface area contributed by atoms with Crippen LogP contribution in [0.4, 0.5) is 0 Å². The van der Waals surface area contributed by atoms with Gasteiger partial charge in [-0.1, -0.05) is 43.4 Å².